The number of tetrazole rings is 1. The van der Waals surface area contributed by atoms with E-state index in [0.29, 0.717) is 35.0 Å². The second-order valence-corrected chi connectivity index (χ2v) is 11.1. The Morgan fingerprint density at radius 2 is 1.90 bits per heavy atom. The summed E-state index contributed by atoms with van der Waals surface area (Å²) < 4.78 is 1.62. The number of benzene rings is 1. The van der Waals surface area contributed by atoms with Crippen LogP contribution in [-0.2, 0) is 10.3 Å². The van der Waals surface area contributed by atoms with E-state index in [1.165, 1.54) is 0 Å². The van der Waals surface area contributed by atoms with E-state index < -0.39 is 5.54 Å². The van der Waals surface area contributed by atoms with Gasteiger partial charge in [0.05, 0.1) is 16.6 Å². The van der Waals surface area contributed by atoms with Crippen LogP contribution in [0.25, 0.3) is 22.2 Å². The molecule has 12 heteroatoms. The van der Waals surface area contributed by atoms with Gasteiger partial charge in [0.2, 0.25) is 5.95 Å². The van der Waals surface area contributed by atoms with Crippen molar-refractivity contribution >= 4 is 34.3 Å². The van der Waals surface area contributed by atoms with E-state index in [4.69, 9.17) is 0 Å². The van der Waals surface area contributed by atoms with Crippen LogP contribution in [0.2, 0.25) is 0 Å². The number of allylic oxidation sites excluding steroid dienone is 1. The maximum absolute atomic E-state index is 13.5. The van der Waals surface area contributed by atoms with Crippen molar-refractivity contribution in [2.75, 3.05) is 35.7 Å². The first-order valence-corrected chi connectivity index (χ1v) is 13.1. The van der Waals surface area contributed by atoms with Crippen molar-refractivity contribution < 1.29 is 4.79 Å². The molecule has 0 saturated carbocycles. The summed E-state index contributed by atoms with van der Waals surface area (Å²) in [6.45, 7) is 12.0. The SMILES string of the molecule is CC1=C(C(=O)Nc2ccc3[nH]nc(-c4ccnc(N5C[C@@H](C)N(C)[C@@H](C)C5)c4)c3c2)C(C)(C)n2nnnc2N1. The largest absolute Gasteiger partial charge is 0.353 e. The van der Waals surface area contributed by atoms with E-state index in [1.807, 2.05) is 51.2 Å². The van der Waals surface area contributed by atoms with Gasteiger partial charge in [-0.05, 0) is 82.4 Å². The number of nitrogens with one attached hydrogen (secondary N) is 3. The molecular formula is C27H33N11O. The van der Waals surface area contributed by atoms with Gasteiger partial charge < -0.3 is 15.5 Å². The molecule has 0 unspecified atom stereocenters. The van der Waals surface area contributed by atoms with Crippen LogP contribution in [0.15, 0.2) is 47.8 Å². The topological polar surface area (TPSA) is 133 Å². The predicted octanol–water partition coefficient (Wildman–Crippen LogP) is 3.21. The molecule has 0 spiro atoms. The van der Waals surface area contributed by atoms with Gasteiger partial charge in [0.25, 0.3) is 5.91 Å². The highest BCUT2D eigenvalue weighted by atomic mass is 16.1. The molecule has 0 aliphatic carbocycles. The lowest BCUT2D eigenvalue weighted by Gasteiger charge is -2.43. The van der Waals surface area contributed by atoms with E-state index in [1.54, 1.807) is 4.68 Å². The van der Waals surface area contributed by atoms with Gasteiger partial charge in [-0.3, -0.25) is 14.8 Å². The molecule has 3 N–H and O–H groups in total. The van der Waals surface area contributed by atoms with Gasteiger partial charge in [-0.15, -0.1) is 0 Å². The van der Waals surface area contributed by atoms with Crippen LogP contribution in [0.1, 0.15) is 34.6 Å². The molecule has 4 aromatic rings. The average Bonchev–Trinajstić information content (AvgIpc) is 3.54. The Morgan fingerprint density at radius 3 is 2.67 bits per heavy atom. The number of hydrogen-bond donors (Lipinski definition) is 3. The summed E-state index contributed by atoms with van der Waals surface area (Å²) in [5, 5.41) is 26.7. The third-order valence-electron chi connectivity index (χ3n) is 8.04. The number of aromatic amines is 1. The fourth-order valence-corrected chi connectivity index (χ4v) is 5.72. The molecule has 6 rings (SSSR count). The van der Waals surface area contributed by atoms with Gasteiger partial charge >= 0.3 is 0 Å². The maximum atomic E-state index is 13.5. The number of hydrogen-bond acceptors (Lipinski definition) is 9. The molecule has 2 aliphatic rings. The van der Waals surface area contributed by atoms with Crippen molar-refractivity contribution in [3.05, 3.63) is 47.8 Å². The summed E-state index contributed by atoms with van der Waals surface area (Å²) in [7, 11) is 2.18. The van der Waals surface area contributed by atoms with Crippen LogP contribution in [0.3, 0.4) is 0 Å². The number of nitrogens with zero attached hydrogens (tertiary/aromatic N) is 8. The lowest BCUT2D eigenvalue weighted by Crippen LogP contribution is -2.55. The Kier molecular flexibility index (Phi) is 5.87. The number of amides is 1. The number of piperazine rings is 1. The summed E-state index contributed by atoms with van der Waals surface area (Å²) >= 11 is 0. The Hall–Kier alpha value is -4.32. The summed E-state index contributed by atoms with van der Waals surface area (Å²) in [4.78, 5) is 22.9. The van der Waals surface area contributed by atoms with Crippen LogP contribution in [-0.4, -0.2) is 78.4 Å². The van der Waals surface area contributed by atoms with E-state index >= 15 is 0 Å². The monoisotopic (exact) mass is 527 g/mol. The number of carbonyl (C=O) groups excluding carboxylic acids is 1. The molecule has 1 amide bonds. The Balaban J connectivity index is 1.29. The number of carbonyl (C=O) groups is 1. The lowest BCUT2D eigenvalue weighted by molar-refractivity contribution is -0.113. The van der Waals surface area contributed by atoms with Gasteiger partial charge in [-0.25, -0.2) is 9.67 Å². The Labute approximate surface area is 226 Å². The van der Waals surface area contributed by atoms with E-state index in [9.17, 15) is 4.79 Å². The number of rotatable bonds is 4. The smallest absolute Gasteiger partial charge is 0.255 e. The zero-order chi connectivity index (χ0) is 27.5. The van der Waals surface area contributed by atoms with Gasteiger partial charge in [0, 0.05) is 53.7 Å². The number of likely N-dealkylation sites (N-methyl/N-ethyl adjacent to an activating group) is 1. The molecular weight excluding hydrogens is 494 g/mol. The number of H-pyrrole nitrogens is 1. The van der Waals surface area contributed by atoms with Gasteiger partial charge in [0.15, 0.2) is 0 Å². The predicted molar refractivity (Wildman–Crippen MR) is 150 cm³/mol. The first-order chi connectivity index (χ1) is 18.6. The highest BCUT2D eigenvalue weighted by Gasteiger charge is 2.39. The van der Waals surface area contributed by atoms with Gasteiger partial charge in [-0.2, -0.15) is 5.10 Å². The first kappa shape index (κ1) is 25.0. The molecule has 2 atom stereocenters. The fourth-order valence-electron chi connectivity index (χ4n) is 5.72. The van der Waals surface area contributed by atoms with Crippen LogP contribution < -0.4 is 15.5 Å². The van der Waals surface area contributed by atoms with Crippen molar-refractivity contribution in [2.45, 2.75) is 52.2 Å². The zero-order valence-electron chi connectivity index (χ0n) is 23.0. The summed E-state index contributed by atoms with van der Waals surface area (Å²) in [6.07, 6.45) is 1.84. The minimum Gasteiger partial charge on any atom is -0.353 e. The highest BCUT2D eigenvalue weighted by molar-refractivity contribution is 6.07. The maximum Gasteiger partial charge on any atom is 0.255 e. The molecule has 2 aliphatic heterocycles. The number of aromatic nitrogens is 7. The summed E-state index contributed by atoms with van der Waals surface area (Å²) in [6, 6.07) is 10.7. The van der Waals surface area contributed by atoms with Crippen LogP contribution in [0, 0.1) is 0 Å². The third-order valence-corrected chi connectivity index (χ3v) is 8.04. The zero-order valence-corrected chi connectivity index (χ0v) is 23.0. The molecule has 0 radical (unpaired) electrons. The second-order valence-electron chi connectivity index (χ2n) is 11.1. The molecule has 1 saturated heterocycles. The fraction of sp³-hybridized carbons (Fsp3) is 0.407. The molecule has 1 aromatic carbocycles. The van der Waals surface area contributed by atoms with Crippen LogP contribution >= 0.6 is 0 Å². The molecule has 202 valence electrons. The first-order valence-electron chi connectivity index (χ1n) is 13.1. The molecule has 1 fully saturated rings. The van der Waals surface area contributed by atoms with Gasteiger partial charge in [0.1, 0.15) is 11.5 Å². The normalized spacial score (nSPS) is 21.1. The number of pyridine rings is 1. The van der Waals surface area contributed by atoms with E-state index in [0.717, 1.165) is 41.1 Å². The quantitative estimate of drug-likeness (QED) is 0.366. The van der Waals surface area contributed by atoms with Crippen molar-refractivity contribution in [2.24, 2.45) is 0 Å². The van der Waals surface area contributed by atoms with Crippen LogP contribution in [0.4, 0.5) is 17.5 Å². The Morgan fingerprint density at radius 1 is 1.13 bits per heavy atom. The van der Waals surface area contributed by atoms with Crippen LogP contribution in [0.5, 0.6) is 0 Å². The van der Waals surface area contributed by atoms with E-state index in [-0.39, 0.29) is 5.91 Å². The molecule has 5 heterocycles. The minimum absolute atomic E-state index is 0.222. The van der Waals surface area contributed by atoms with Gasteiger partial charge in [-0.1, -0.05) is 5.10 Å². The molecule has 0 bridgehead atoms. The van der Waals surface area contributed by atoms with Crippen molar-refractivity contribution in [1.82, 2.24) is 40.3 Å². The van der Waals surface area contributed by atoms with Crippen molar-refractivity contribution in [1.29, 1.82) is 0 Å². The standard InChI is InChI=1S/C27H33N11O/c1-15-13-37(14-16(2)36(15)6)22-11-18(9-10-28-22)24-20-12-19(7-8-21(20)31-32-24)30-25(39)23-17(3)29-26-33-34-35-38(26)27(23,4)5/h7-12,15-16H,13-14H2,1-6H3,(H,30,39)(H,31,32)(H,29,33,35)/t15-,16+. The minimum atomic E-state index is -0.727. The number of fused-ring (bicyclic) bond motifs is 2. The summed E-state index contributed by atoms with van der Waals surface area (Å²) in [5.74, 6) is 1.23. The molecule has 39 heavy (non-hydrogen) atoms. The lowest BCUT2D eigenvalue weighted by atomic mass is 9.90. The molecule has 3 aromatic heterocycles. The third kappa shape index (κ3) is 4.20. The average molecular weight is 528 g/mol. The summed E-state index contributed by atoms with van der Waals surface area (Å²) in [5.41, 5.74) is 3.88. The Bertz CT molecular complexity index is 1590. The van der Waals surface area contributed by atoms with Crippen molar-refractivity contribution in [3.63, 3.8) is 0 Å². The second kappa shape index (κ2) is 9.16. The molecule has 12 nitrogen and oxygen atoms in total. The highest BCUT2D eigenvalue weighted by Crippen LogP contribution is 2.35. The number of anilines is 3. The van der Waals surface area contributed by atoms with E-state index in [2.05, 4.69) is 78.1 Å². The van der Waals surface area contributed by atoms with Crippen molar-refractivity contribution in [3.8, 4) is 11.3 Å².